The quantitative estimate of drug-likeness (QED) is 0.886. The standard InChI is InChI=1S/C17H16N2O4/c1-8-4-10(5-9(2)16(8)21)11-6-12-15(17(22)19-11)13(23-3)7-14(20)18-12/h4-5,7,21H,6H2,1-3H3,(H,18,20). The number of amides is 1. The Morgan fingerprint density at radius 1 is 1.17 bits per heavy atom. The lowest BCUT2D eigenvalue weighted by molar-refractivity contribution is 0.0996. The number of pyridine rings is 1. The molecular weight excluding hydrogens is 296 g/mol. The van der Waals surface area contributed by atoms with Gasteiger partial charge in [0.2, 0.25) is 0 Å². The number of carbonyl (C=O) groups excluding carboxylic acids is 1. The number of aromatic hydroxyl groups is 1. The molecular formula is C17H16N2O4. The summed E-state index contributed by atoms with van der Waals surface area (Å²) in [5, 5.41) is 9.87. The van der Waals surface area contributed by atoms with E-state index in [1.54, 1.807) is 26.0 Å². The van der Waals surface area contributed by atoms with Gasteiger partial charge in [-0.1, -0.05) is 0 Å². The highest BCUT2D eigenvalue weighted by atomic mass is 16.5. The van der Waals surface area contributed by atoms with Gasteiger partial charge in [-0.25, -0.2) is 4.99 Å². The van der Waals surface area contributed by atoms with Crippen LogP contribution in [0.15, 0.2) is 28.0 Å². The smallest absolute Gasteiger partial charge is 0.282 e. The topological polar surface area (TPSA) is 91.8 Å². The summed E-state index contributed by atoms with van der Waals surface area (Å²) >= 11 is 0. The number of nitrogens with zero attached hydrogens (tertiary/aromatic N) is 1. The van der Waals surface area contributed by atoms with E-state index in [1.165, 1.54) is 13.2 Å². The van der Waals surface area contributed by atoms with Crippen LogP contribution >= 0.6 is 0 Å². The average molecular weight is 312 g/mol. The van der Waals surface area contributed by atoms with E-state index in [-0.39, 0.29) is 17.1 Å². The van der Waals surface area contributed by atoms with E-state index in [1.807, 2.05) is 0 Å². The van der Waals surface area contributed by atoms with Gasteiger partial charge in [0.05, 0.1) is 12.8 Å². The highest BCUT2D eigenvalue weighted by Gasteiger charge is 2.26. The normalized spacial score (nSPS) is 13.5. The molecule has 1 aliphatic rings. The minimum Gasteiger partial charge on any atom is -0.507 e. The minimum absolute atomic E-state index is 0.229. The number of rotatable bonds is 2. The van der Waals surface area contributed by atoms with Crippen LogP contribution in [0, 0.1) is 13.8 Å². The molecule has 2 N–H and O–H groups in total. The van der Waals surface area contributed by atoms with E-state index >= 15 is 0 Å². The van der Waals surface area contributed by atoms with Crippen LogP contribution in [0.4, 0.5) is 0 Å². The Kier molecular flexibility index (Phi) is 3.52. The molecule has 1 amide bonds. The first-order valence-corrected chi connectivity index (χ1v) is 7.13. The molecule has 118 valence electrons. The van der Waals surface area contributed by atoms with Gasteiger partial charge in [0.25, 0.3) is 11.5 Å². The monoisotopic (exact) mass is 312 g/mol. The summed E-state index contributed by atoms with van der Waals surface area (Å²) in [6.07, 6.45) is 0.317. The Labute approximate surface area is 132 Å². The van der Waals surface area contributed by atoms with Gasteiger partial charge in [-0.2, -0.15) is 0 Å². The molecule has 1 aliphatic heterocycles. The summed E-state index contributed by atoms with van der Waals surface area (Å²) in [4.78, 5) is 30.9. The van der Waals surface area contributed by atoms with Crippen LogP contribution in [0.25, 0.3) is 0 Å². The van der Waals surface area contributed by atoms with Crippen LogP contribution in [-0.2, 0) is 6.42 Å². The summed E-state index contributed by atoms with van der Waals surface area (Å²) in [6.45, 7) is 3.58. The van der Waals surface area contributed by atoms with Crippen molar-refractivity contribution >= 4 is 11.6 Å². The molecule has 2 aromatic rings. The van der Waals surface area contributed by atoms with Gasteiger partial charge in [0.1, 0.15) is 17.1 Å². The van der Waals surface area contributed by atoms with Gasteiger partial charge < -0.3 is 14.8 Å². The number of carbonyl (C=O) groups is 1. The molecule has 0 spiro atoms. The molecule has 0 radical (unpaired) electrons. The number of phenolic OH excluding ortho intramolecular Hbond substituents is 1. The van der Waals surface area contributed by atoms with Gasteiger partial charge in [-0.3, -0.25) is 9.59 Å². The van der Waals surface area contributed by atoms with Crippen LogP contribution in [0.5, 0.6) is 11.5 Å². The van der Waals surface area contributed by atoms with Crippen molar-refractivity contribution in [2.75, 3.05) is 7.11 Å². The predicted octanol–water partition coefficient (Wildman–Crippen LogP) is 1.89. The molecule has 6 heteroatoms. The van der Waals surface area contributed by atoms with E-state index < -0.39 is 5.91 Å². The van der Waals surface area contributed by atoms with Crippen molar-refractivity contribution in [2.45, 2.75) is 20.3 Å². The van der Waals surface area contributed by atoms with Crippen LogP contribution in [0.2, 0.25) is 0 Å². The lowest BCUT2D eigenvalue weighted by Gasteiger charge is -2.18. The summed E-state index contributed by atoms with van der Waals surface area (Å²) in [5.41, 5.74) is 3.18. The van der Waals surface area contributed by atoms with E-state index in [9.17, 15) is 14.7 Å². The highest BCUT2D eigenvalue weighted by molar-refractivity contribution is 6.15. The van der Waals surface area contributed by atoms with Crippen molar-refractivity contribution in [3.63, 3.8) is 0 Å². The molecule has 2 heterocycles. The third-order valence-electron chi connectivity index (χ3n) is 3.92. The van der Waals surface area contributed by atoms with Crippen LogP contribution in [-0.4, -0.2) is 28.8 Å². The number of fused-ring (bicyclic) bond motifs is 1. The summed E-state index contributed by atoms with van der Waals surface area (Å²) < 4.78 is 5.12. The molecule has 0 unspecified atom stereocenters. The molecule has 0 saturated carbocycles. The van der Waals surface area contributed by atoms with Crippen molar-refractivity contribution < 1.29 is 14.6 Å². The Morgan fingerprint density at radius 3 is 2.43 bits per heavy atom. The number of aliphatic imine (C=N–C) groups is 1. The van der Waals surface area contributed by atoms with Crippen molar-refractivity contribution in [2.24, 2.45) is 4.99 Å². The predicted molar refractivity (Wildman–Crippen MR) is 85.8 cm³/mol. The van der Waals surface area contributed by atoms with Gasteiger partial charge in [-0.05, 0) is 42.7 Å². The first-order chi connectivity index (χ1) is 10.9. The van der Waals surface area contributed by atoms with Gasteiger partial charge in [0, 0.05) is 18.2 Å². The van der Waals surface area contributed by atoms with Crippen molar-refractivity contribution in [1.82, 2.24) is 4.98 Å². The Hall–Kier alpha value is -2.89. The van der Waals surface area contributed by atoms with Crippen LogP contribution in [0.3, 0.4) is 0 Å². The third kappa shape index (κ3) is 2.52. The van der Waals surface area contributed by atoms with Crippen LogP contribution in [0.1, 0.15) is 32.7 Å². The zero-order valence-corrected chi connectivity index (χ0v) is 13.1. The number of aromatic nitrogens is 1. The number of hydrogen-bond donors (Lipinski definition) is 2. The number of phenols is 1. The maximum Gasteiger partial charge on any atom is 0.282 e. The number of aryl methyl sites for hydroxylation is 2. The SMILES string of the molecule is COc1cc(=O)[nH]c2c1C(=O)N=C(c1cc(C)c(O)c(C)c1)C2. The lowest BCUT2D eigenvalue weighted by Crippen LogP contribution is -2.23. The zero-order chi connectivity index (χ0) is 16.7. The lowest BCUT2D eigenvalue weighted by atomic mass is 9.95. The molecule has 0 saturated heterocycles. The number of methoxy groups -OCH3 is 1. The van der Waals surface area contributed by atoms with E-state index in [0.29, 0.717) is 34.5 Å². The largest absolute Gasteiger partial charge is 0.507 e. The number of benzene rings is 1. The summed E-state index contributed by atoms with van der Waals surface area (Å²) in [6, 6.07) is 4.79. The second kappa shape index (κ2) is 5.39. The van der Waals surface area contributed by atoms with Crippen molar-refractivity contribution in [1.29, 1.82) is 0 Å². The molecule has 3 rings (SSSR count). The Bertz CT molecular complexity index is 886. The number of aromatic amines is 1. The highest BCUT2D eigenvalue weighted by Crippen LogP contribution is 2.28. The fraction of sp³-hybridized carbons (Fsp3) is 0.235. The number of ether oxygens (including phenoxy) is 1. The Balaban J connectivity index is 2.12. The average Bonchev–Trinajstić information content (AvgIpc) is 2.50. The van der Waals surface area contributed by atoms with Gasteiger partial charge in [0.15, 0.2) is 0 Å². The minimum atomic E-state index is -0.447. The van der Waals surface area contributed by atoms with E-state index in [0.717, 1.165) is 5.56 Å². The maximum absolute atomic E-state index is 12.4. The summed E-state index contributed by atoms with van der Waals surface area (Å²) in [5.74, 6) is 0.0133. The molecule has 1 aromatic carbocycles. The first kappa shape index (κ1) is 15.0. The zero-order valence-electron chi connectivity index (χ0n) is 13.1. The van der Waals surface area contributed by atoms with Crippen LogP contribution < -0.4 is 10.3 Å². The van der Waals surface area contributed by atoms with Crippen molar-refractivity contribution in [3.05, 3.63) is 56.5 Å². The molecule has 0 atom stereocenters. The second-order valence-corrected chi connectivity index (χ2v) is 5.55. The first-order valence-electron chi connectivity index (χ1n) is 7.13. The molecule has 0 aliphatic carbocycles. The van der Waals surface area contributed by atoms with E-state index in [4.69, 9.17) is 4.74 Å². The Morgan fingerprint density at radius 2 is 1.83 bits per heavy atom. The maximum atomic E-state index is 12.4. The second-order valence-electron chi connectivity index (χ2n) is 5.55. The number of hydrogen-bond acceptors (Lipinski definition) is 4. The van der Waals surface area contributed by atoms with Gasteiger partial charge in [-0.15, -0.1) is 0 Å². The van der Waals surface area contributed by atoms with Gasteiger partial charge >= 0.3 is 0 Å². The summed E-state index contributed by atoms with van der Waals surface area (Å²) in [7, 11) is 1.41. The van der Waals surface area contributed by atoms with E-state index in [2.05, 4.69) is 9.98 Å². The third-order valence-corrected chi connectivity index (χ3v) is 3.92. The molecule has 6 nitrogen and oxygen atoms in total. The molecule has 23 heavy (non-hydrogen) atoms. The number of H-pyrrole nitrogens is 1. The molecule has 1 aromatic heterocycles. The fourth-order valence-electron chi connectivity index (χ4n) is 2.79. The van der Waals surface area contributed by atoms with Crippen molar-refractivity contribution in [3.8, 4) is 11.5 Å². The molecule has 0 fully saturated rings. The molecule has 0 bridgehead atoms. The number of nitrogens with one attached hydrogen (secondary N) is 1. The fourth-order valence-corrected chi connectivity index (χ4v) is 2.79.